The predicted octanol–water partition coefficient (Wildman–Crippen LogP) is 3.15. The van der Waals surface area contributed by atoms with Crippen molar-refractivity contribution >= 4 is 21.8 Å². The summed E-state index contributed by atoms with van der Waals surface area (Å²) < 4.78 is 30.0. The second kappa shape index (κ2) is 6.68. The van der Waals surface area contributed by atoms with E-state index in [2.05, 4.69) is 21.2 Å². The number of rotatable bonds is 5. The van der Waals surface area contributed by atoms with Crippen molar-refractivity contribution in [1.82, 2.24) is 5.32 Å². The first-order chi connectivity index (χ1) is 8.47. The summed E-state index contributed by atoms with van der Waals surface area (Å²) in [5.41, 5.74) is 0.944. The van der Waals surface area contributed by atoms with Crippen LogP contribution in [0, 0.1) is 6.92 Å². The highest BCUT2D eigenvalue weighted by Crippen LogP contribution is 2.28. The lowest BCUT2D eigenvalue weighted by atomic mass is 10.1. The average molecular weight is 322 g/mol. The Morgan fingerprint density at radius 1 is 1.50 bits per heavy atom. The number of halogens is 3. The molecule has 0 saturated carbocycles. The molecule has 0 aliphatic heterocycles. The van der Waals surface area contributed by atoms with Crippen molar-refractivity contribution in [2.45, 2.75) is 20.3 Å². The maximum absolute atomic E-state index is 12.1. The van der Waals surface area contributed by atoms with Crippen LogP contribution in [0.4, 0.5) is 8.78 Å². The topological polar surface area (TPSA) is 38.3 Å². The summed E-state index contributed by atoms with van der Waals surface area (Å²) in [4.78, 5) is 11.8. The normalized spacial score (nSPS) is 10.6. The van der Waals surface area contributed by atoms with E-state index >= 15 is 0 Å². The van der Waals surface area contributed by atoms with Crippen molar-refractivity contribution in [3.05, 3.63) is 27.7 Å². The first-order valence-electron chi connectivity index (χ1n) is 5.45. The lowest BCUT2D eigenvalue weighted by molar-refractivity contribution is 0.0890. The summed E-state index contributed by atoms with van der Waals surface area (Å²) in [5, 5.41) is 2.17. The van der Waals surface area contributed by atoms with Crippen LogP contribution in [0.2, 0.25) is 0 Å². The maximum Gasteiger partial charge on any atom is 0.255 e. The number of carbonyl (C=O) groups excluding carboxylic acids is 1. The summed E-state index contributed by atoms with van der Waals surface area (Å²) in [7, 11) is 0. The molecule has 3 nitrogen and oxygen atoms in total. The smallest absolute Gasteiger partial charge is 0.255 e. The van der Waals surface area contributed by atoms with Crippen molar-refractivity contribution in [2.75, 3.05) is 13.2 Å². The van der Waals surface area contributed by atoms with Crippen LogP contribution in [-0.4, -0.2) is 25.5 Å². The third-order valence-electron chi connectivity index (χ3n) is 2.31. The van der Waals surface area contributed by atoms with Crippen molar-refractivity contribution in [3.63, 3.8) is 0 Å². The molecule has 0 heterocycles. The second-order valence-electron chi connectivity index (χ2n) is 3.58. The van der Waals surface area contributed by atoms with Crippen molar-refractivity contribution < 1.29 is 18.3 Å². The fraction of sp³-hybridized carbons (Fsp3) is 0.417. The van der Waals surface area contributed by atoms with E-state index in [0.717, 1.165) is 0 Å². The van der Waals surface area contributed by atoms with Gasteiger partial charge in [0.05, 0.1) is 18.7 Å². The monoisotopic (exact) mass is 321 g/mol. The van der Waals surface area contributed by atoms with Crippen LogP contribution in [0.5, 0.6) is 5.75 Å². The molecule has 1 amide bonds. The zero-order chi connectivity index (χ0) is 13.7. The number of alkyl halides is 2. The summed E-state index contributed by atoms with van der Waals surface area (Å²) in [6, 6.07) is 3.39. The number of benzene rings is 1. The van der Waals surface area contributed by atoms with Gasteiger partial charge in [-0.2, -0.15) is 0 Å². The molecule has 1 rings (SSSR count). The Morgan fingerprint density at radius 3 is 2.72 bits per heavy atom. The van der Waals surface area contributed by atoms with Gasteiger partial charge in [-0.05, 0) is 41.9 Å². The van der Waals surface area contributed by atoms with Crippen LogP contribution in [0.1, 0.15) is 22.8 Å². The van der Waals surface area contributed by atoms with E-state index in [1.54, 1.807) is 19.1 Å². The molecule has 0 radical (unpaired) electrons. The van der Waals surface area contributed by atoms with Crippen LogP contribution in [-0.2, 0) is 0 Å². The fourth-order valence-corrected chi connectivity index (χ4v) is 2.12. The molecule has 18 heavy (non-hydrogen) atoms. The first kappa shape index (κ1) is 14.9. The standard InChI is InChI=1S/C12H14BrF2NO2/c1-3-18-9-5-4-8(13)11(7(9)2)12(17)16-6-10(14)15/h4-5,10H,3,6H2,1-2H3,(H,16,17). The molecule has 0 saturated heterocycles. The van der Waals surface area contributed by atoms with Crippen LogP contribution in [0.15, 0.2) is 16.6 Å². The largest absolute Gasteiger partial charge is 0.494 e. The van der Waals surface area contributed by atoms with Gasteiger partial charge < -0.3 is 10.1 Å². The third kappa shape index (κ3) is 3.66. The minimum Gasteiger partial charge on any atom is -0.494 e. The number of ether oxygens (including phenoxy) is 1. The molecule has 0 aliphatic carbocycles. The molecule has 1 N–H and O–H groups in total. The van der Waals surface area contributed by atoms with E-state index in [-0.39, 0.29) is 0 Å². The second-order valence-corrected chi connectivity index (χ2v) is 4.43. The van der Waals surface area contributed by atoms with Crippen molar-refractivity contribution in [2.24, 2.45) is 0 Å². The van der Waals surface area contributed by atoms with Gasteiger partial charge in [0.15, 0.2) is 0 Å². The highest BCUT2D eigenvalue weighted by atomic mass is 79.9. The number of hydrogen-bond donors (Lipinski definition) is 1. The van der Waals surface area contributed by atoms with Crippen LogP contribution < -0.4 is 10.1 Å². The molecule has 0 spiro atoms. The number of amides is 1. The summed E-state index contributed by atoms with van der Waals surface area (Å²) in [5.74, 6) is 0.0316. The van der Waals surface area contributed by atoms with Crippen LogP contribution >= 0.6 is 15.9 Å². The molecule has 0 fully saturated rings. The Hall–Kier alpha value is -1.17. The van der Waals surface area contributed by atoms with Gasteiger partial charge in [0.25, 0.3) is 12.3 Å². The SMILES string of the molecule is CCOc1ccc(Br)c(C(=O)NCC(F)F)c1C. The quantitative estimate of drug-likeness (QED) is 0.904. The Balaban J connectivity index is 2.99. The Bertz CT molecular complexity index is 438. The molecule has 1 aromatic rings. The zero-order valence-electron chi connectivity index (χ0n) is 10.1. The predicted molar refractivity (Wildman–Crippen MR) is 68.4 cm³/mol. The molecule has 0 unspecified atom stereocenters. The lowest BCUT2D eigenvalue weighted by Gasteiger charge is -2.13. The van der Waals surface area contributed by atoms with Gasteiger partial charge in [0.1, 0.15) is 5.75 Å². The number of nitrogens with one attached hydrogen (secondary N) is 1. The van der Waals surface area contributed by atoms with E-state index in [1.165, 1.54) is 0 Å². The van der Waals surface area contributed by atoms with Gasteiger partial charge in [-0.3, -0.25) is 4.79 Å². The van der Waals surface area contributed by atoms with E-state index < -0.39 is 18.9 Å². The minimum absolute atomic E-state index is 0.321. The highest BCUT2D eigenvalue weighted by Gasteiger charge is 2.17. The summed E-state index contributed by atoms with van der Waals surface area (Å²) in [6.07, 6.45) is -2.57. The maximum atomic E-state index is 12.1. The first-order valence-corrected chi connectivity index (χ1v) is 6.24. The van der Waals surface area contributed by atoms with Crippen LogP contribution in [0.3, 0.4) is 0 Å². The summed E-state index contributed by atoms with van der Waals surface area (Å²) in [6.45, 7) is 3.36. The van der Waals surface area contributed by atoms with Crippen molar-refractivity contribution in [1.29, 1.82) is 0 Å². The van der Waals surface area contributed by atoms with E-state index in [1.807, 2.05) is 6.92 Å². The fourth-order valence-electron chi connectivity index (χ4n) is 1.51. The van der Waals surface area contributed by atoms with Gasteiger partial charge in [0.2, 0.25) is 0 Å². The lowest BCUT2D eigenvalue weighted by Crippen LogP contribution is -2.29. The molecule has 0 bridgehead atoms. The Labute approximate surface area is 113 Å². The van der Waals surface area contributed by atoms with E-state index in [4.69, 9.17) is 4.74 Å². The zero-order valence-corrected chi connectivity index (χ0v) is 11.7. The van der Waals surface area contributed by atoms with E-state index in [9.17, 15) is 13.6 Å². The summed E-state index contributed by atoms with van der Waals surface area (Å²) >= 11 is 3.24. The van der Waals surface area contributed by atoms with Gasteiger partial charge in [0, 0.05) is 10.0 Å². The molecule has 0 atom stereocenters. The number of carbonyl (C=O) groups is 1. The molecule has 0 aromatic heterocycles. The molecule has 6 heteroatoms. The van der Waals surface area contributed by atoms with Crippen LogP contribution in [0.25, 0.3) is 0 Å². The molecule has 100 valence electrons. The molecule has 0 aliphatic rings. The Kier molecular flexibility index (Phi) is 5.53. The minimum atomic E-state index is -2.57. The van der Waals surface area contributed by atoms with Gasteiger partial charge in [-0.15, -0.1) is 0 Å². The third-order valence-corrected chi connectivity index (χ3v) is 2.97. The van der Waals surface area contributed by atoms with Gasteiger partial charge >= 0.3 is 0 Å². The van der Waals surface area contributed by atoms with Crippen molar-refractivity contribution in [3.8, 4) is 5.75 Å². The average Bonchev–Trinajstić information content (AvgIpc) is 2.30. The molecule has 1 aromatic carbocycles. The van der Waals surface area contributed by atoms with Gasteiger partial charge in [-0.1, -0.05) is 0 Å². The molecular formula is C12H14BrF2NO2. The van der Waals surface area contributed by atoms with E-state index in [0.29, 0.717) is 28.0 Å². The highest BCUT2D eigenvalue weighted by molar-refractivity contribution is 9.10. The number of hydrogen-bond acceptors (Lipinski definition) is 2. The molecular weight excluding hydrogens is 308 g/mol. The Morgan fingerprint density at radius 2 is 2.17 bits per heavy atom. The van der Waals surface area contributed by atoms with Gasteiger partial charge in [-0.25, -0.2) is 8.78 Å².